The fraction of sp³-hybridized carbons (Fsp3) is 0.308. The van der Waals surface area contributed by atoms with Crippen LogP contribution in [-0.4, -0.2) is 12.0 Å². The number of halogens is 1. The molecule has 2 aromatic rings. The van der Waals surface area contributed by atoms with Crippen LogP contribution in [0.25, 0.3) is 0 Å². The van der Waals surface area contributed by atoms with Gasteiger partial charge in [0.2, 0.25) is 0 Å². The number of hydrogen-bond acceptors (Lipinski definition) is 3. The summed E-state index contributed by atoms with van der Waals surface area (Å²) in [6.45, 7) is 2.00. The van der Waals surface area contributed by atoms with Crippen molar-refractivity contribution >= 4 is 11.3 Å². The van der Waals surface area contributed by atoms with E-state index in [0.29, 0.717) is 0 Å². The van der Waals surface area contributed by atoms with Crippen LogP contribution in [0.1, 0.15) is 21.5 Å². The van der Waals surface area contributed by atoms with Crippen molar-refractivity contribution in [1.82, 2.24) is 10.3 Å². The summed E-state index contributed by atoms with van der Waals surface area (Å²) in [5.41, 5.74) is 1.12. The van der Waals surface area contributed by atoms with Gasteiger partial charge in [-0.15, -0.1) is 11.3 Å². The van der Waals surface area contributed by atoms with E-state index >= 15 is 0 Å². The molecule has 0 spiro atoms. The Kier molecular flexibility index (Phi) is 3.86. The number of rotatable bonds is 4. The van der Waals surface area contributed by atoms with Gasteiger partial charge in [-0.2, -0.15) is 0 Å². The second-order valence-electron chi connectivity index (χ2n) is 3.95. The quantitative estimate of drug-likeness (QED) is 0.902. The minimum atomic E-state index is -0.191. The molecule has 0 amide bonds. The van der Waals surface area contributed by atoms with Crippen molar-refractivity contribution in [3.05, 3.63) is 51.7 Å². The van der Waals surface area contributed by atoms with Crippen molar-refractivity contribution < 1.29 is 4.39 Å². The van der Waals surface area contributed by atoms with Crippen molar-refractivity contribution in [3.8, 4) is 0 Å². The lowest BCUT2D eigenvalue weighted by Gasteiger charge is -2.13. The molecule has 0 saturated heterocycles. The molecule has 2 nitrogen and oxygen atoms in total. The SMILES string of the molecule is CNC(Cc1ccc(F)cc1)c1cnc(C)s1. The van der Waals surface area contributed by atoms with E-state index in [4.69, 9.17) is 0 Å². The predicted molar refractivity (Wildman–Crippen MR) is 68.8 cm³/mol. The summed E-state index contributed by atoms with van der Waals surface area (Å²) in [5.74, 6) is -0.191. The first-order valence-electron chi connectivity index (χ1n) is 5.53. The lowest BCUT2D eigenvalue weighted by Crippen LogP contribution is -2.17. The molecule has 4 heteroatoms. The minimum absolute atomic E-state index is 0.191. The van der Waals surface area contributed by atoms with Crippen LogP contribution < -0.4 is 5.32 Å². The molecule has 0 aliphatic rings. The van der Waals surface area contributed by atoms with E-state index in [0.717, 1.165) is 17.0 Å². The molecule has 2 rings (SSSR count). The highest BCUT2D eigenvalue weighted by molar-refractivity contribution is 7.11. The van der Waals surface area contributed by atoms with Crippen LogP contribution in [0.4, 0.5) is 4.39 Å². The number of aromatic nitrogens is 1. The summed E-state index contributed by atoms with van der Waals surface area (Å²) in [4.78, 5) is 5.48. The van der Waals surface area contributed by atoms with Gasteiger partial charge in [-0.3, -0.25) is 0 Å². The zero-order chi connectivity index (χ0) is 12.3. The van der Waals surface area contributed by atoms with Crippen LogP contribution in [0.5, 0.6) is 0 Å². The van der Waals surface area contributed by atoms with Gasteiger partial charge in [0.15, 0.2) is 0 Å². The number of thiazole rings is 1. The molecule has 1 aromatic carbocycles. The first kappa shape index (κ1) is 12.2. The normalized spacial score (nSPS) is 12.6. The van der Waals surface area contributed by atoms with E-state index in [1.807, 2.05) is 32.3 Å². The topological polar surface area (TPSA) is 24.9 Å². The van der Waals surface area contributed by atoms with E-state index < -0.39 is 0 Å². The van der Waals surface area contributed by atoms with Crippen molar-refractivity contribution in [2.24, 2.45) is 0 Å². The van der Waals surface area contributed by atoms with Gasteiger partial charge in [-0.25, -0.2) is 9.37 Å². The lowest BCUT2D eigenvalue weighted by molar-refractivity contribution is 0.597. The van der Waals surface area contributed by atoms with Crippen LogP contribution in [0.3, 0.4) is 0 Å². The molecule has 0 bridgehead atoms. The Morgan fingerprint density at radius 3 is 2.59 bits per heavy atom. The molecule has 0 aliphatic carbocycles. The highest BCUT2D eigenvalue weighted by atomic mass is 32.1. The number of likely N-dealkylation sites (N-methyl/N-ethyl adjacent to an activating group) is 1. The molecule has 1 heterocycles. The predicted octanol–water partition coefficient (Wildman–Crippen LogP) is 3.09. The summed E-state index contributed by atoms with van der Waals surface area (Å²) >= 11 is 1.70. The first-order valence-corrected chi connectivity index (χ1v) is 6.34. The van der Waals surface area contributed by atoms with Crippen LogP contribution in [0, 0.1) is 12.7 Å². The smallest absolute Gasteiger partial charge is 0.123 e. The second-order valence-corrected chi connectivity index (χ2v) is 5.22. The number of aryl methyl sites for hydroxylation is 1. The zero-order valence-electron chi connectivity index (χ0n) is 9.90. The Morgan fingerprint density at radius 2 is 2.06 bits per heavy atom. The monoisotopic (exact) mass is 250 g/mol. The minimum Gasteiger partial charge on any atom is -0.312 e. The summed E-state index contributed by atoms with van der Waals surface area (Å²) < 4.78 is 12.8. The lowest BCUT2D eigenvalue weighted by atomic mass is 10.1. The third-order valence-electron chi connectivity index (χ3n) is 2.68. The number of nitrogens with zero attached hydrogens (tertiary/aromatic N) is 1. The van der Waals surface area contributed by atoms with Crippen LogP contribution >= 0.6 is 11.3 Å². The highest BCUT2D eigenvalue weighted by Crippen LogP contribution is 2.23. The molecule has 0 aliphatic heterocycles. The van der Waals surface area contributed by atoms with E-state index in [9.17, 15) is 4.39 Å². The standard InChI is InChI=1S/C13H15FN2S/c1-9-16-8-13(17-9)12(15-2)7-10-3-5-11(14)6-4-10/h3-6,8,12,15H,7H2,1-2H3. The molecule has 1 unspecified atom stereocenters. The summed E-state index contributed by atoms with van der Waals surface area (Å²) in [6, 6.07) is 6.90. The fourth-order valence-corrected chi connectivity index (χ4v) is 2.64. The largest absolute Gasteiger partial charge is 0.312 e. The third-order valence-corrected chi connectivity index (χ3v) is 3.71. The van der Waals surface area contributed by atoms with Crippen molar-refractivity contribution in [1.29, 1.82) is 0 Å². The third kappa shape index (κ3) is 3.11. The van der Waals surface area contributed by atoms with Crippen molar-refractivity contribution in [3.63, 3.8) is 0 Å². The molecule has 1 atom stereocenters. The maximum atomic E-state index is 12.8. The van der Waals surface area contributed by atoms with E-state index in [-0.39, 0.29) is 11.9 Å². The van der Waals surface area contributed by atoms with Gasteiger partial charge < -0.3 is 5.32 Å². The van der Waals surface area contributed by atoms with Gasteiger partial charge >= 0.3 is 0 Å². The summed E-state index contributed by atoms with van der Waals surface area (Å²) in [5, 5.41) is 4.34. The van der Waals surface area contributed by atoms with Crippen molar-refractivity contribution in [2.75, 3.05) is 7.05 Å². The van der Waals surface area contributed by atoms with Gasteiger partial charge in [0.05, 0.1) is 5.01 Å². The zero-order valence-corrected chi connectivity index (χ0v) is 10.7. The van der Waals surface area contributed by atoms with Crippen LogP contribution in [-0.2, 0) is 6.42 Å². The molecule has 1 N–H and O–H groups in total. The average molecular weight is 250 g/mol. The Balaban J connectivity index is 2.12. The molecule has 17 heavy (non-hydrogen) atoms. The van der Waals surface area contributed by atoms with E-state index in [1.54, 1.807) is 11.3 Å². The Bertz CT molecular complexity index is 478. The first-order chi connectivity index (χ1) is 8.19. The van der Waals surface area contributed by atoms with E-state index in [2.05, 4.69) is 10.3 Å². The van der Waals surface area contributed by atoms with Gasteiger partial charge in [-0.1, -0.05) is 12.1 Å². The molecular weight excluding hydrogens is 235 g/mol. The average Bonchev–Trinajstić information content (AvgIpc) is 2.75. The number of hydrogen-bond donors (Lipinski definition) is 1. The maximum Gasteiger partial charge on any atom is 0.123 e. The molecule has 0 saturated carbocycles. The highest BCUT2D eigenvalue weighted by Gasteiger charge is 2.12. The summed E-state index contributed by atoms with van der Waals surface area (Å²) in [7, 11) is 1.93. The number of nitrogens with one attached hydrogen (secondary N) is 1. The molecule has 90 valence electrons. The maximum absolute atomic E-state index is 12.8. The molecule has 0 fully saturated rings. The summed E-state index contributed by atoms with van der Waals surface area (Å²) in [6.07, 6.45) is 2.75. The number of benzene rings is 1. The Morgan fingerprint density at radius 1 is 1.35 bits per heavy atom. The Hall–Kier alpha value is -1.26. The second kappa shape index (κ2) is 5.38. The van der Waals surface area contributed by atoms with Crippen LogP contribution in [0.2, 0.25) is 0 Å². The molecule has 0 radical (unpaired) electrons. The van der Waals surface area contributed by atoms with Gasteiger partial charge in [-0.05, 0) is 38.1 Å². The van der Waals surface area contributed by atoms with E-state index in [1.165, 1.54) is 17.0 Å². The fourth-order valence-electron chi connectivity index (χ4n) is 1.74. The van der Waals surface area contributed by atoms with Crippen LogP contribution in [0.15, 0.2) is 30.5 Å². The molecular formula is C13H15FN2S. The Labute approximate surface area is 105 Å². The van der Waals surface area contributed by atoms with Gasteiger partial charge in [0, 0.05) is 17.1 Å². The van der Waals surface area contributed by atoms with Gasteiger partial charge in [0.25, 0.3) is 0 Å². The molecule has 1 aromatic heterocycles. The van der Waals surface area contributed by atoms with Gasteiger partial charge in [0.1, 0.15) is 5.82 Å². The van der Waals surface area contributed by atoms with Crippen molar-refractivity contribution in [2.45, 2.75) is 19.4 Å².